The molecule has 1 aliphatic heterocycles. The van der Waals surface area contributed by atoms with Gasteiger partial charge in [-0.25, -0.2) is 0 Å². The number of hydrogen-bond acceptors (Lipinski definition) is 2. The molecular formula is C24H21NO2. The van der Waals surface area contributed by atoms with E-state index >= 15 is 0 Å². The van der Waals surface area contributed by atoms with E-state index in [4.69, 9.17) is 4.74 Å². The van der Waals surface area contributed by atoms with Gasteiger partial charge in [-0.05, 0) is 47.4 Å². The average molecular weight is 355 g/mol. The highest BCUT2D eigenvalue weighted by Gasteiger charge is 2.22. The molecule has 3 aromatic carbocycles. The monoisotopic (exact) mass is 355 g/mol. The summed E-state index contributed by atoms with van der Waals surface area (Å²) in [5.74, 6) is 0.833. The number of fused-ring (bicyclic) bond motifs is 1. The van der Waals surface area contributed by atoms with Gasteiger partial charge in [0.1, 0.15) is 12.4 Å². The number of nitrogens with zero attached hydrogens (tertiary/aromatic N) is 1. The van der Waals surface area contributed by atoms with Crippen molar-refractivity contribution in [1.82, 2.24) is 0 Å². The molecule has 0 saturated carbocycles. The van der Waals surface area contributed by atoms with Crippen LogP contribution in [-0.4, -0.2) is 12.5 Å². The maximum Gasteiger partial charge on any atom is 0.251 e. The molecule has 3 heteroatoms. The quantitative estimate of drug-likeness (QED) is 0.611. The van der Waals surface area contributed by atoms with Crippen molar-refractivity contribution in [2.24, 2.45) is 0 Å². The van der Waals surface area contributed by atoms with Crippen molar-refractivity contribution in [2.75, 3.05) is 11.4 Å². The van der Waals surface area contributed by atoms with E-state index in [-0.39, 0.29) is 5.91 Å². The Bertz CT molecular complexity index is 946. The second kappa shape index (κ2) is 7.92. The van der Waals surface area contributed by atoms with Gasteiger partial charge < -0.3 is 9.64 Å². The first kappa shape index (κ1) is 17.1. The van der Waals surface area contributed by atoms with E-state index in [0.717, 1.165) is 35.5 Å². The Hall–Kier alpha value is -3.33. The lowest BCUT2D eigenvalue weighted by Gasteiger charge is -2.14. The molecule has 0 fully saturated rings. The average Bonchev–Trinajstić information content (AvgIpc) is 3.16. The van der Waals surface area contributed by atoms with E-state index < -0.39 is 0 Å². The van der Waals surface area contributed by atoms with Crippen molar-refractivity contribution in [1.29, 1.82) is 0 Å². The van der Waals surface area contributed by atoms with Crippen LogP contribution in [0.3, 0.4) is 0 Å². The summed E-state index contributed by atoms with van der Waals surface area (Å²) in [6.45, 7) is 1.29. The second-order valence-corrected chi connectivity index (χ2v) is 6.55. The largest absolute Gasteiger partial charge is 0.489 e. The van der Waals surface area contributed by atoms with Crippen LogP contribution >= 0.6 is 0 Å². The van der Waals surface area contributed by atoms with Crippen LogP contribution in [0.1, 0.15) is 16.7 Å². The molecule has 0 saturated heterocycles. The molecule has 0 unspecified atom stereocenters. The van der Waals surface area contributed by atoms with Crippen LogP contribution in [0.5, 0.6) is 5.75 Å². The molecule has 0 bridgehead atoms. The lowest BCUT2D eigenvalue weighted by molar-refractivity contribution is -0.114. The summed E-state index contributed by atoms with van der Waals surface area (Å²) in [5.41, 5.74) is 4.37. The van der Waals surface area contributed by atoms with Gasteiger partial charge in [-0.2, -0.15) is 0 Å². The van der Waals surface area contributed by atoms with Gasteiger partial charge in [-0.15, -0.1) is 0 Å². The number of carbonyl (C=O) groups excluding carboxylic acids is 1. The maximum atomic E-state index is 12.5. The fourth-order valence-electron chi connectivity index (χ4n) is 3.24. The summed E-state index contributed by atoms with van der Waals surface area (Å²) in [7, 11) is 0. The molecule has 3 nitrogen and oxygen atoms in total. The van der Waals surface area contributed by atoms with E-state index in [2.05, 4.69) is 6.07 Å². The highest BCUT2D eigenvalue weighted by molar-refractivity contribution is 6.05. The Kier molecular flexibility index (Phi) is 5.01. The zero-order chi connectivity index (χ0) is 18.5. The number of ether oxygens (including phenoxy) is 1. The molecule has 4 rings (SSSR count). The summed E-state index contributed by atoms with van der Waals surface area (Å²) in [6, 6.07) is 25.9. The van der Waals surface area contributed by atoms with Crippen molar-refractivity contribution in [2.45, 2.75) is 13.0 Å². The van der Waals surface area contributed by atoms with Crippen molar-refractivity contribution >= 4 is 17.7 Å². The van der Waals surface area contributed by atoms with Crippen molar-refractivity contribution in [3.05, 3.63) is 102 Å². The van der Waals surface area contributed by atoms with Gasteiger partial charge in [0.2, 0.25) is 0 Å². The first-order chi connectivity index (χ1) is 13.3. The fraction of sp³-hybridized carbons (Fsp3) is 0.125. The molecular weight excluding hydrogens is 334 g/mol. The molecule has 0 aliphatic carbocycles. The zero-order valence-electron chi connectivity index (χ0n) is 15.0. The maximum absolute atomic E-state index is 12.5. The Labute approximate surface area is 159 Å². The van der Waals surface area contributed by atoms with Crippen LogP contribution in [0.2, 0.25) is 0 Å². The van der Waals surface area contributed by atoms with Gasteiger partial charge >= 0.3 is 0 Å². The van der Waals surface area contributed by atoms with E-state index in [9.17, 15) is 4.79 Å². The van der Waals surface area contributed by atoms with Gasteiger partial charge in [0, 0.05) is 18.3 Å². The minimum absolute atomic E-state index is 0.0179. The summed E-state index contributed by atoms with van der Waals surface area (Å²) in [4.78, 5) is 14.4. The first-order valence-corrected chi connectivity index (χ1v) is 9.14. The molecule has 1 aliphatic rings. The van der Waals surface area contributed by atoms with E-state index in [1.807, 2.05) is 83.8 Å². The summed E-state index contributed by atoms with van der Waals surface area (Å²) >= 11 is 0. The van der Waals surface area contributed by atoms with E-state index in [0.29, 0.717) is 6.61 Å². The molecule has 0 spiro atoms. The van der Waals surface area contributed by atoms with Gasteiger partial charge in [0.15, 0.2) is 0 Å². The molecule has 134 valence electrons. The number of carbonyl (C=O) groups is 1. The van der Waals surface area contributed by atoms with Gasteiger partial charge in [-0.1, -0.05) is 60.7 Å². The Morgan fingerprint density at radius 3 is 2.48 bits per heavy atom. The topological polar surface area (TPSA) is 29.5 Å². The number of anilines is 1. The normalized spacial score (nSPS) is 13.0. The van der Waals surface area contributed by atoms with Crippen molar-refractivity contribution in [3.8, 4) is 5.75 Å². The first-order valence-electron chi connectivity index (χ1n) is 9.14. The number of amides is 1. The predicted octanol–water partition coefficient (Wildman–Crippen LogP) is 4.87. The Morgan fingerprint density at radius 2 is 1.67 bits per heavy atom. The van der Waals surface area contributed by atoms with Crippen molar-refractivity contribution in [3.63, 3.8) is 0 Å². The third-order valence-corrected chi connectivity index (χ3v) is 4.70. The minimum Gasteiger partial charge on any atom is -0.489 e. The number of hydrogen-bond donors (Lipinski definition) is 0. The van der Waals surface area contributed by atoms with Gasteiger partial charge in [0.05, 0.1) is 0 Å². The summed E-state index contributed by atoms with van der Waals surface area (Å²) < 4.78 is 5.79. The van der Waals surface area contributed by atoms with Gasteiger partial charge in [0.25, 0.3) is 5.91 Å². The Balaban J connectivity index is 1.36. The van der Waals surface area contributed by atoms with Crippen molar-refractivity contribution < 1.29 is 9.53 Å². The predicted molar refractivity (Wildman–Crippen MR) is 109 cm³/mol. The van der Waals surface area contributed by atoms with Crippen LogP contribution in [0, 0.1) is 0 Å². The molecule has 0 radical (unpaired) electrons. The van der Waals surface area contributed by atoms with E-state index in [1.165, 1.54) is 5.56 Å². The fourth-order valence-corrected chi connectivity index (χ4v) is 3.24. The summed E-state index contributed by atoms with van der Waals surface area (Å²) in [5, 5.41) is 0. The number of rotatable bonds is 5. The molecule has 0 atom stereocenters. The van der Waals surface area contributed by atoms with Crippen LogP contribution in [-0.2, 0) is 17.8 Å². The molecule has 1 heterocycles. The SMILES string of the molecule is O=C(/C=C/c1ccc(OCc2ccccc2)cc1)N1CCc2ccccc21. The van der Waals surface area contributed by atoms with Crippen LogP contribution in [0.4, 0.5) is 5.69 Å². The van der Waals surface area contributed by atoms with Crippen LogP contribution in [0.25, 0.3) is 6.08 Å². The highest BCUT2D eigenvalue weighted by Crippen LogP contribution is 2.27. The standard InChI is InChI=1S/C24H21NO2/c26-24(25-17-16-21-8-4-5-9-23(21)25)15-12-19-10-13-22(14-11-19)27-18-20-6-2-1-3-7-20/h1-15H,16-18H2/b15-12+. The lowest BCUT2D eigenvalue weighted by atomic mass is 10.2. The molecule has 1 amide bonds. The second-order valence-electron chi connectivity index (χ2n) is 6.55. The zero-order valence-corrected chi connectivity index (χ0v) is 15.0. The van der Waals surface area contributed by atoms with Crippen LogP contribution in [0.15, 0.2) is 84.9 Å². The third kappa shape index (κ3) is 4.09. The number of benzene rings is 3. The minimum atomic E-state index is 0.0179. The smallest absolute Gasteiger partial charge is 0.251 e. The molecule has 0 aromatic heterocycles. The number of para-hydroxylation sites is 1. The Morgan fingerprint density at radius 1 is 0.926 bits per heavy atom. The summed E-state index contributed by atoms with van der Waals surface area (Å²) in [6.07, 6.45) is 4.41. The van der Waals surface area contributed by atoms with E-state index in [1.54, 1.807) is 6.08 Å². The molecule has 27 heavy (non-hydrogen) atoms. The highest BCUT2D eigenvalue weighted by atomic mass is 16.5. The van der Waals surface area contributed by atoms with Gasteiger partial charge in [-0.3, -0.25) is 4.79 Å². The molecule has 0 N–H and O–H groups in total. The lowest BCUT2D eigenvalue weighted by Crippen LogP contribution is -2.26. The third-order valence-electron chi connectivity index (χ3n) is 4.70. The van der Waals surface area contributed by atoms with Crippen LogP contribution < -0.4 is 9.64 Å². The molecule has 3 aromatic rings.